The van der Waals surface area contributed by atoms with Gasteiger partial charge in [0.1, 0.15) is 5.82 Å². The van der Waals surface area contributed by atoms with Crippen molar-refractivity contribution in [3.63, 3.8) is 0 Å². The van der Waals surface area contributed by atoms with Gasteiger partial charge in [-0.05, 0) is 46.9 Å². The first-order chi connectivity index (χ1) is 16.0. The number of rotatable bonds is 5. The molecule has 1 aliphatic heterocycles. The summed E-state index contributed by atoms with van der Waals surface area (Å²) in [5.41, 5.74) is 6.39. The highest BCUT2D eigenvalue weighted by Crippen LogP contribution is 2.39. The second-order valence-corrected chi connectivity index (χ2v) is 10.2. The number of anilines is 1. The van der Waals surface area contributed by atoms with E-state index in [1.165, 1.54) is 23.3 Å². The Labute approximate surface area is 205 Å². The molecule has 1 aromatic heterocycles. The van der Waals surface area contributed by atoms with Crippen LogP contribution in [0.3, 0.4) is 0 Å². The molecule has 33 heavy (non-hydrogen) atoms. The minimum absolute atomic E-state index is 0.0372. The SMILES string of the molecule is CC(C)c1ccc([C@@H]2CC(c3ccc(F)cc3)=NN2c2nc(-c3ccc(Br)cc3)cs2)cc1. The van der Waals surface area contributed by atoms with E-state index >= 15 is 0 Å². The van der Waals surface area contributed by atoms with Crippen molar-refractivity contribution in [1.82, 2.24) is 4.98 Å². The van der Waals surface area contributed by atoms with Crippen LogP contribution in [0.4, 0.5) is 9.52 Å². The van der Waals surface area contributed by atoms with Crippen LogP contribution in [0.5, 0.6) is 0 Å². The maximum atomic E-state index is 13.5. The number of aromatic nitrogens is 1. The summed E-state index contributed by atoms with van der Waals surface area (Å²) in [4.78, 5) is 4.92. The molecule has 6 heteroatoms. The van der Waals surface area contributed by atoms with Gasteiger partial charge in [-0.25, -0.2) is 14.4 Å². The zero-order chi connectivity index (χ0) is 22.9. The molecule has 0 unspecified atom stereocenters. The molecule has 1 atom stereocenters. The van der Waals surface area contributed by atoms with Gasteiger partial charge in [-0.2, -0.15) is 5.10 Å². The van der Waals surface area contributed by atoms with Crippen molar-refractivity contribution in [2.24, 2.45) is 5.10 Å². The van der Waals surface area contributed by atoms with E-state index in [4.69, 9.17) is 10.1 Å². The predicted octanol–water partition coefficient (Wildman–Crippen LogP) is 8.19. The van der Waals surface area contributed by atoms with Crippen LogP contribution in [-0.2, 0) is 0 Å². The molecular formula is C27H23BrFN3S. The predicted molar refractivity (Wildman–Crippen MR) is 139 cm³/mol. The van der Waals surface area contributed by atoms with Gasteiger partial charge in [0.25, 0.3) is 0 Å². The number of halogens is 2. The molecule has 5 rings (SSSR count). The Kier molecular flexibility index (Phi) is 6.13. The van der Waals surface area contributed by atoms with Crippen LogP contribution >= 0.6 is 27.3 Å². The van der Waals surface area contributed by atoms with E-state index < -0.39 is 0 Å². The molecule has 0 saturated heterocycles. The van der Waals surface area contributed by atoms with Gasteiger partial charge in [0.2, 0.25) is 5.13 Å². The topological polar surface area (TPSA) is 28.5 Å². The van der Waals surface area contributed by atoms with E-state index in [9.17, 15) is 4.39 Å². The fraction of sp³-hybridized carbons (Fsp3) is 0.185. The largest absolute Gasteiger partial charge is 0.231 e. The van der Waals surface area contributed by atoms with Crippen LogP contribution in [0.2, 0.25) is 0 Å². The average molecular weight is 520 g/mol. The monoisotopic (exact) mass is 519 g/mol. The highest BCUT2D eigenvalue weighted by atomic mass is 79.9. The molecule has 3 nitrogen and oxygen atoms in total. The molecule has 0 fully saturated rings. The molecule has 3 aromatic carbocycles. The Morgan fingerprint density at radius 1 is 0.939 bits per heavy atom. The smallest absolute Gasteiger partial charge is 0.207 e. The lowest BCUT2D eigenvalue weighted by Gasteiger charge is -2.21. The lowest BCUT2D eigenvalue weighted by atomic mass is 9.95. The van der Waals surface area contributed by atoms with Gasteiger partial charge in [-0.15, -0.1) is 11.3 Å². The number of thiazole rings is 1. The van der Waals surface area contributed by atoms with Crippen molar-refractivity contribution in [1.29, 1.82) is 0 Å². The summed E-state index contributed by atoms with van der Waals surface area (Å²) in [6.45, 7) is 4.40. The van der Waals surface area contributed by atoms with Gasteiger partial charge in [0.15, 0.2) is 0 Å². The van der Waals surface area contributed by atoms with E-state index in [1.54, 1.807) is 23.5 Å². The summed E-state index contributed by atoms with van der Waals surface area (Å²) in [6.07, 6.45) is 0.736. The maximum absolute atomic E-state index is 13.5. The quantitative estimate of drug-likeness (QED) is 0.265. The first-order valence-corrected chi connectivity index (χ1v) is 12.6. The molecule has 4 aromatic rings. The third-order valence-corrected chi connectivity index (χ3v) is 7.26. The summed E-state index contributed by atoms with van der Waals surface area (Å²) in [7, 11) is 0. The molecule has 0 saturated carbocycles. The van der Waals surface area contributed by atoms with Crippen molar-refractivity contribution in [3.05, 3.63) is 105 Å². The lowest BCUT2D eigenvalue weighted by molar-refractivity contribution is 0.627. The molecule has 0 bridgehead atoms. The summed E-state index contributed by atoms with van der Waals surface area (Å²) < 4.78 is 14.5. The van der Waals surface area contributed by atoms with E-state index in [1.807, 2.05) is 17.1 Å². The second kappa shape index (κ2) is 9.20. The van der Waals surface area contributed by atoms with Gasteiger partial charge in [0, 0.05) is 21.8 Å². The van der Waals surface area contributed by atoms with Crippen LogP contribution in [0.1, 0.15) is 48.9 Å². The number of hydrogen-bond acceptors (Lipinski definition) is 4. The zero-order valence-electron chi connectivity index (χ0n) is 18.4. The first kappa shape index (κ1) is 22.0. The lowest BCUT2D eigenvalue weighted by Crippen LogP contribution is -2.18. The third kappa shape index (κ3) is 4.63. The number of hydrogen-bond donors (Lipinski definition) is 0. The van der Waals surface area contributed by atoms with Crippen LogP contribution in [0, 0.1) is 5.82 Å². The molecular weight excluding hydrogens is 497 g/mol. The average Bonchev–Trinajstić information content (AvgIpc) is 3.48. The van der Waals surface area contributed by atoms with Crippen LogP contribution < -0.4 is 5.01 Å². The Balaban J connectivity index is 1.51. The molecule has 0 spiro atoms. The molecule has 1 aliphatic rings. The van der Waals surface area contributed by atoms with E-state index in [2.05, 4.69) is 71.6 Å². The Morgan fingerprint density at radius 3 is 2.27 bits per heavy atom. The molecule has 0 amide bonds. The van der Waals surface area contributed by atoms with Crippen LogP contribution in [0.15, 0.2) is 87.8 Å². The highest BCUT2D eigenvalue weighted by Gasteiger charge is 2.31. The zero-order valence-corrected chi connectivity index (χ0v) is 20.8. The highest BCUT2D eigenvalue weighted by molar-refractivity contribution is 9.10. The molecule has 2 heterocycles. The number of hydrazone groups is 1. The van der Waals surface area contributed by atoms with Crippen molar-refractivity contribution >= 4 is 38.1 Å². The van der Waals surface area contributed by atoms with E-state index in [0.717, 1.165) is 38.6 Å². The van der Waals surface area contributed by atoms with Crippen molar-refractivity contribution in [2.45, 2.75) is 32.2 Å². The summed E-state index contributed by atoms with van der Waals surface area (Å²) in [6, 6.07) is 23.6. The van der Waals surface area contributed by atoms with Crippen molar-refractivity contribution in [2.75, 3.05) is 5.01 Å². The molecule has 0 N–H and O–H groups in total. The molecule has 0 aliphatic carbocycles. The standard InChI is InChI=1S/C27H23BrFN3S/c1-17(2)18-3-5-21(6-4-18)26-15-24(19-9-13-23(29)14-10-19)31-32(26)27-30-25(16-33-27)20-7-11-22(28)12-8-20/h3-14,16-17,26H,15H2,1-2H3/t26-/m0/s1. The minimum Gasteiger partial charge on any atom is -0.231 e. The van der Waals surface area contributed by atoms with Gasteiger partial charge in [-0.1, -0.05) is 78.3 Å². The van der Waals surface area contributed by atoms with Crippen molar-refractivity contribution in [3.8, 4) is 11.3 Å². The second-order valence-electron chi connectivity index (χ2n) is 8.46. The van der Waals surface area contributed by atoms with Gasteiger partial charge in [-0.3, -0.25) is 0 Å². The van der Waals surface area contributed by atoms with Crippen LogP contribution in [-0.4, -0.2) is 10.7 Å². The molecule has 166 valence electrons. The minimum atomic E-state index is -0.242. The Hall–Kier alpha value is -2.83. The maximum Gasteiger partial charge on any atom is 0.207 e. The number of nitrogens with zero attached hydrogens (tertiary/aromatic N) is 3. The van der Waals surface area contributed by atoms with Crippen LogP contribution in [0.25, 0.3) is 11.3 Å². The summed E-state index contributed by atoms with van der Waals surface area (Å²) in [5, 5.41) is 9.91. The molecule has 0 radical (unpaired) electrons. The fourth-order valence-electron chi connectivity index (χ4n) is 3.99. The van der Waals surface area contributed by atoms with Gasteiger partial charge >= 0.3 is 0 Å². The van der Waals surface area contributed by atoms with Gasteiger partial charge < -0.3 is 0 Å². The third-order valence-electron chi connectivity index (χ3n) is 5.90. The Morgan fingerprint density at radius 2 is 1.61 bits per heavy atom. The van der Waals surface area contributed by atoms with Gasteiger partial charge in [0.05, 0.1) is 17.4 Å². The summed E-state index contributed by atoms with van der Waals surface area (Å²) >= 11 is 5.08. The summed E-state index contributed by atoms with van der Waals surface area (Å²) in [5.74, 6) is 0.242. The Bertz CT molecular complexity index is 1280. The first-order valence-electron chi connectivity index (χ1n) is 10.9. The van der Waals surface area contributed by atoms with E-state index in [-0.39, 0.29) is 11.9 Å². The van der Waals surface area contributed by atoms with E-state index in [0.29, 0.717) is 5.92 Å². The van der Waals surface area contributed by atoms with Crippen molar-refractivity contribution < 1.29 is 4.39 Å². The fourth-order valence-corrected chi connectivity index (χ4v) is 5.09. The normalized spacial score (nSPS) is 15.8. The number of benzene rings is 3.